The third-order valence-corrected chi connectivity index (χ3v) is 6.85. The van der Waals surface area contributed by atoms with E-state index < -0.39 is 0 Å². The normalized spacial score (nSPS) is 17.3. The number of nitrogens with two attached hydrogens (primary N) is 1. The molecule has 1 unspecified atom stereocenters. The predicted octanol–water partition coefficient (Wildman–Crippen LogP) is 3.38. The molecule has 3 N–H and O–H groups in total. The molecule has 1 atom stereocenters. The van der Waals surface area contributed by atoms with Gasteiger partial charge in [0.1, 0.15) is 34.5 Å². The zero-order chi connectivity index (χ0) is 23.1. The molecular weight excluding hydrogens is 434 g/mol. The number of nitrogens with one attached hydrogen (secondary N) is 1. The highest BCUT2D eigenvalue weighted by Gasteiger charge is 2.22. The number of anilines is 2. The Morgan fingerprint density at radius 3 is 2.88 bits per heavy atom. The standard InChI is InChI=1S/C24H29N7OS/c1-14-15(2)27-21(13-30(3)4)29-22(14)31-7-8-32-20-6-5-16(9-18(20)12-31)17-10-19-23(26-11-17)33-24(25)28-19/h5-6,9-11,24,28H,7-8,12-13,25H2,1-4H3. The maximum absolute atomic E-state index is 6.10. The number of ether oxygens (including phenoxy) is 1. The van der Waals surface area contributed by atoms with Crippen LogP contribution in [0.4, 0.5) is 11.5 Å². The molecule has 0 spiro atoms. The molecule has 33 heavy (non-hydrogen) atoms. The zero-order valence-corrected chi connectivity index (χ0v) is 20.2. The average Bonchev–Trinajstić information content (AvgIpc) is 3.01. The molecular formula is C24H29N7OS. The van der Waals surface area contributed by atoms with Gasteiger partial charge in [-0.2, -0.15) is 0 Å². The van der Waals surface area contributed by atoms with Crippen molar-refractivity contribution in [1.82, 2.24) is 19.9 Å². The van der Waals surface area contributed by atoms with Crippen LogP contribution >= 0.6 is 11.8 Å². The first-order valence-electron chi connectivity index (χ1n) is 11.1. The first kappa shape index (κ1) is 21.9. The first-order chi connectivity index (χ1) is 15.9. The molecule has 2 aromatic heterocycles. The fraction of sp³-hybridized carbons (Fsp3) is 0.375. The van der Waals surface area contributed by atoms with Gasteiger partial charge >= 0.3 is 0 Å². The van der Waals surface area contributed by atoms with E-state index in [0.717, 1.165) is 69.1 Å². The van der Waals surface area contributed by atoms with Crippen LogP contribution < -0.4 is 20.7 Å². The molecule has 0 radical (unpaired) electrons. The monoisotopic (exact) mass is 463 g/mol. The smallest absolute Gasteiger partial charge is 0.144 e. The molecule has 9 heteroatoms. The molecule has 4 heterocycles. The Kier molecular flexibility index (Phi) is 5.86. The lowest BCUT2D eigenvalue weighted by Crippen LogP contribution is -2.28. The third kappa shape index (κ3) is 4.48. The summed E-state index contributed by atoms with van der Waals surface area (Å²) in [4.78, 5) is 18.6. The fourth-order valence-electron chi connectivity index (χ4n) is 4.20. The summed E-state index contributed by atoms with van der Waals surface area (Å²) in [7, 11) is 4.07. The molecule has 0 saturated heterocycles. The molecule has 0 fully saturated rings. The van der Waals surface area contributed by atoms with E-state index in [-0.39, 0.29) is 5.50 Å². The van der Waals surface area contributed by atoms with Gasteiger partial charge in [-0.1, -0.05) is 17.8 Å². The van der Waals surface area contributed by atoms with Crippen LogP contribution in [0.5, 0.6) is 5.75 Å². The lowest BCUT2D eigenvalue weighted by molar-refractivity contribution is 0.331. The Balaban J connectivity index is 1.47. The molecule has 2 aliphatic heterocycles. The van der Waals surface area contributed by atoms with E-state index in [1.165, 1.54) is 11.8 Å². The summed E-state index contributed by atoms with van der Waals surface area (Å²) in [6.45, 7) is 6.96. The van der Waals surface area contributed by atoms with Gasteiger partial charge in [-0.05, 0) is 51.7 Å². The highest BCUT2D eigenvalue weighted by Crippen LogP contribution is 2.38. The number of thioether (sulfide) groups is 1. The molecule has 0 saturated carbocycles. The molecule has 8 nitrogen and oxygen atoms in total. The predicted molar refractivity (Wildman–Crippen MR) is 133 cm³/mol. The Morgan fingerprint density at radius 1 is 1.21 bits per heavy atom. The summed E-state index contributed by atoms with van der Waals surface area (Å²) in [5.74, 6) is 2.74. The third-order valence-electron chi connectivity index (χ3n) is 5.93. The summed E-state index contributed by atoms with van der Waals surface area (Å²) >= 11 is 1.54. The van der Waals surface area contributed by atoms with Crippen LogP contribution in [0.2, 0.25) is 0 Å². The van der Waals surface area contributed by atoms with Gasteiger partial charge in [-0.3, -0.25) is 0 Å². The maximum atomic E-state index is 6.10. The Morgan fingerprint density at radius 2 is 2.06 bits per heavy atom. The number of nitrogens with zero attached hydrogens (tertiary/aromatic N) is 5. The van der Waals surface area contributed by atoms with Gasteiger partial charge in [0.05, 0.1) is 18.8 Å². The highest BCUT2D eigenvalue weighted by atomic mass is 32.2. The minimum absolute atomic E-state index is 0.145. The van der Waals surface area contributed by atoms with Crippen LogP contribution in [0, 0.1) is 13.8 Å². The molecule has 2 aliphatic rings. The van der Waals surface area contributed by atoms with Crippen LogP contribution in [0.3, 0.4) is 0 Å². The van der Waals surface area contributed by atoms with Gasteiger partial charge in [0.25, 0.3) is 0 Å². The number of hydrogen-bond donors (Lipinski definition) is 2. The number of rotatable bonds is 4. The summed E-state index contributed by atoms with van der Waals surface area (Å²) < 4.78 is 6.10. The molecule has 3 aromatic rings. The molecule has 1 aromatic carbocycles. The second-order valence-electron chi connectivity index (χ2n) is 8.76. The number of aromatic nitrogens is 3. The second kappa shape index (κ2) is 8.81. The van der Waals surface area contributed by atoms with Gasteiger partial charge in [-0.25, -0.2) is 15.0 Å². The van der Waals surface area contributed by atoms with E-state index >= 15 is 0 Å². The van der Waals surface area contributed by atoms with Crippen molar-refractivity contribution >= 4 is 23.3 Å². The Bertz CT molecular complexity index is 1200. The minimum Gasteiger partial charge on any atom is -0.491 e. The van der Waals surface area contributed by atoms with Crippen LogP contribution in [-0.2, 0) is 13.1 Å². The van der Waals surface area contributed by atoms with Crippen LogP contribution in [0.15, 0.2) is 35.5 Å². The SMILES string of the molecule is Cc1nc(CN(C)C)nc(N2CCOc3ccc(-c4cnc5c(c4)NC(N)S5)cc3C2)c1C. The van der Waals surface area contributed by atoms with Crippen molar-refractivity contribution in [3.8, 4) is 16.9 Å². The van der Waals surface area contributed by atoms with Crippen molar-refractivity contribution in [1.29, 1.82) is 0 Å². The van der Waals surface area contributed by atoms with Crippen molar-refractivity contribution in [2.75, 3.05) is 37.5 Å². The molecule has 0 bridgehead atoms. The van der Waals surface area contributed by atoms with Gasteiger partial charge in [0, 0.05) is 35.1 Å². The van der Waals surface area contributed by atoms with Crippen LogP contribution in [-0.4, -0.2) is 52.6 Å². The number of benzene rings is 1. The van der Waals surface area contributed by atoms with Crippen molar-refractivity contribution in [3.63, 3.8) is 0 Å². The lowest BCUT2D eigenvalue weighted by Gasteiger charge is -2.24. The minimum atomic E-state index is -0.145. The van der Waals surface area contributed by atoms with Gasteiger partial charge < -0.3 is 25.6 Å². The zero-order valence-electron chi connectivity index (χ0n) is 19.4. The Labute approximate surface area is 198 Å². The van der Waals surface area contributed by atoms with Crippen LogP contribution in [0.25, 0.3) is 11.1 Å². The fourth-order valence-corrected chi connectivity index (χ4v) is 4.98. The van der Waals surface area contributed by atoms with Crippen molar-refractivity contribution in [3.05, 3.63) is 53.1 Å². The topological polar surface area (TPSA) is 92.4 Å². The van der Waals surface area contributed by atoms with Crippen molar-refractivity contribution < 1.29 is 4.74 Å². The summed E-state index contributed by atoms with van der Waals surface area (Å²) in [6.07, 6.45) is 1.91. The lowest BCUT2D eigenvalue weighted by atomic mass is 10.0. The number of fused-ring (bicyclic) bond motifs is 2. The summed E-state index contributed by atoms with van der Waals surface area (Å²) in [5.41, 5.74) is 12.2. The van der Waals surface area contributed by atoms with E-state index in [9.17, 15) is 0 Å². The highest BCUT2D eigenvalue weighted by molar-refractivity contribution is 8.00. The molecule has 172 valence electrons. The van der Waals surface area contributed by atoms with Crippen molar-refractivity contribution in [2.45, 2.75) is 37.5 Å². The van der Waals surface area contributed by atoms with Gasteiger partial charge in [0.2, 0.25) is 0 Å². The van der Waals surface area contributed by atoms with E-state index in [2.05, 4.69) is 63.2 Å². The van der Waals surface area contributed by atoms with E-state index in [1.54, 1.807) is 0 Å². The summed E-state index contributed by atoms with van der Waals surface area (Å²) in [5, 5.41) is 4.21. The van der Waals surface area contributed by atoms with Crippen LogP contribution in [0.1, 0.15) is 22.6 Å². The van der Waals surface area contributed by atoms with E-state index in [4.69, 9.17) is 15.5 Å². The average molecular weight is 464 g/mol. The van der Waals surface area contributed by atoms with E-state index in [0.29, 0.717) is 13.2 Å². The number of hydrogen-bond acceptors (Lipinski definition) is 9. The van der Waals surface area contributed by atoms with Gasteiger partial charge in [-0.15, -0.1) is 0 Å². The second-order valence-corrected chi connectivity index (χ2v) is 9.89. The van der Waals surface area contributed by atoms with E-state index in [1.807, 2.05) is 20.3 Å². The largest absolute Gasteiger partial charge is 0.491 e. The maximum Gasteiger partial charge on any atom is 0.144 e. The van der Waals surface area contributed by atoms with Crippen molar-refractivity contribution in [2.24, 2.45) is 5.73 Å². The Hall–Kier alpha value is -2.88. The number of pyridine rings is 1. The molecule has 0 aliphatic carbocycles. The summed E-state index contributed by atoms with van der Waals surface area (Å²) in [6, 6.07) is 8.47. The quantitative estimate of drug-likeness (QED) is 0.604. The first-order valence-corrected chi connectivity index (χ1v) is 11.9. The van der Waals surface area contributed by atoms with Gasteiger partial charge in [0.15, 0.2) is 0 Å². The molecule has 5 rings (SSSR count). The number of aryl methyl sites for hydroxylation is 1. The molecule has 0 amide bonds.